The van der Waals surface area contributed by atoms with E-state index in [0.29, 0.717) is 0 Å². The van der Waals surface area contributed by atoms with Gasteiger partial charge in [-0.15, -0.1) is 0 Å². The molecule has 1 heterocycles. The molecule has 0 spiro atoms. The van der Waals surface area contributed by atoms with E-state index in [2.05, 4.69) is 121 Å². The zero-order valence-electron chi connectivity index (χ0n) is 18.9. The summed E-state index contributed by atoms with van der Waals surface area (Å²) in [6.07, 6.45) is 0. The molecule has 7 rings (SSSR count). The number of imidazole rings is 1. The van der Waals surface area contributed by atoms with Crippen molar-refractivity contribution >= 4 is 43.4 Å². The molecule has 34 heavy (non-hydrogen) atoms. The Morgan fingerprint density at radius 3 is 2.12 bits per heavy atom. The number of benzene rings is 6. The number of aryl methyl sites for hydroxylation is 1. The van der Waals surface area contributed by atoms with Crippen molar-refractivity contribution in [1.82, 2.24) is 9.55 Å². The van der Waals surface area contributed by atoms with Crippen LogP contribution < -0.4 is 0 Å². The molecule has 0 bridgehead atoms. The molecule has 0 amide bonds. The second-order valence-corrected chi connectivity index (χ2v) is 8.92. The Kier molecular flexibility index (Phi) is 4.09. The van der Waals surface area contributed by atoms with Crippen LogP contribution in [0.15, 0.2) is 115 Å². The molecule has 0 aliphatic rings. The molecule has 2 nitrogen and oxygen atoms in total. The van der Waals surface area contributed by atoms with E-state index in [4.69, 9.17) is 4.98 Å². The number of fused-ring (bicyclic) bond motifs is 6. The summed E-state index contributed by atoms with van der Waals surface area (Å²) in [5.74, 6) is 0.989. The maximum absolute atomic E-state index is 5.01. The Hall–Kier alpha value is -4.43. The van der Waals surface area contributed by atoms with Gasteiger partial charge >= 0.3 is 0 Å². The molecule has 0 aliphatic carbocycles. The standard InChI is InChI=1S/C32H22N2/c1-34-30-18-17-23(20-29(30)33-32(34)22-10-3-2-4-11-22)28-19-24-16-15-21-9-5-6-12-25(21)31(24)27-14-8-7-13-26(27)28/h2-20H,1H3. The maximum atomic E-state index is 5.01. The fourth-order valence-corrected chi connectivity index (χ4v) is 5.33. The van der Waals surface area contributed by atoms with Crippen LogP contribution in [0.25, 0.3) is 65.9 Å². The average Bonchev–Trinajstić information content (AvgIpc) is 3.24. The highest BCUT2D eigenvalue weighted by atomic mass is 15.1. The fourth-order valence-electron chi connectivity index (χ4n) is 5.33. The normalized spacial score (nSPS) is 11.7. The Labute approximate surface area is 197 Å². The van der Waals surface area contributed by atoms with Crippen molar-refractivity contribution in [2.24, 2.45) is 7.05 Å². The first-order valence-electron chi connectivity index (χ1n) is 11.6. The van der Waals surface area contributed by atoms with Gasteiger partial charge in [-0.3, -0.25) is 0 Å². The van der Waals surface area contributed by atoms with Crippen LogP contribution >= 0.6 is 0 Å². The summed E-state index contributed by atoms with van der Waals surface area (Å²) in [5.41, 5.74) is 5.72. The molecular formula is C32H22N2. The highest BCUT2D eigenvalue weighted by Gasteiger charge is 2.14. The summed E-state index contributed by atoms with van der Waals surface area (Å²) in [6, 6.07) is 41.3. The van der Waals surface area contributed by atoms with Crippen molar-refractivity contribution in [3.8, 4) is 22.5 Å². The van der Waals surface area contributed by atoms with E-state index in [0.717, 1.165) is 22.4 Å². The van der Waals surface area contributed by atoms with Crippen molar-refractivity contribution in [3.05, 3.63) is 115 Å². The Bertz CT molecular complexity index is 1860. The van der Waals surface area contributed by atoms with Gasteiger partial charge in [-0.25, -0.2) is 4.98 Å². The monoisotopic (exact) mass is 434 g/mol. The molecule has 7 aromatic rings. The van der Waals surface area contributed by atoms with Gasteiger partial charge < -0.3 is 4.57 Å². The zero-order chi connectivity index (χ0) is 22.6. The molecule has 1 aromatic heterocycles. The van der Waals surface area contributed by atoms with Gasteiger partial charge in [-0.2, -0.15) is 0 Å². The fraction of sp³-hybridized carbons (Fsp3) is 0.0312. The third-order valence-corrected chi connectivity index (χ3v) is 6.97. The molecular weight excluding hydrogens is 412 g/mol. The predicted molar refractivity (Wildman–Crippen MR) is 144 cm³/mol. The third kappa shape index (κ3) is 2.79. The first kappa shape index (κ1) is 19.1. The van der Waals surface area contributed by atoms with Crippen molar-refractivity contribution < 1.29 is 0 Å². The highest BCUT2D eigenvalue weighted by molar-refractivity contribution is 6.23. The van der Waals surface area contributed by atoms with E-state index in [1.54, 1.807) is 0 Å². The Balaban J connectivity index is 1.50. The minimum Gasteiger partial charge on any atom is -0.327 e. The lowest BCUT2D eigenvalue weighted by molar-refractivity contribution is 0.959. The lowest BCUT2D eigenvalue weighted by atomic mass is 9.91. The number of hydrogen-bond acceptors (Lipinski definition) is 1. The van der Waals surface area contributed by atoms with Gasteiger partial charge in [0.05, 0.1) is 11.0 Å². The van der Waals surface area contributed by atoms with Crippen LogP contribution in [0, 0.1) is 0 Å². The summed E-state index contributed by atoms with van der Waals surface area (Å²) in [6.45, 7) is 0. The van der Waals surface area contributed by atoms with Gasteiger partial charge in [-0.1, -0.05) is 97.1 Å². The second-order valence-electron chi connectivity index (χ2n) is 8.92. The van der Waals surface area contributed by atoms with Crippen molar-refractivity contribution in [3.63, 3.8) is 0 Å². The minimum atomic E-state index is 0.989. The lowest BCUT2D eigenvalue weighted by Gasteiger charge is -2.13. The van der Waals surface area contributed by atoms with Crippen LogP contribution in [-0.2, 0) is 7.05 Å². The molecule has 0 atom stereocenters. The minimum absolute atomic E-state index is 0.989. The first-order chi connectivity index (χ1) is 16.8. The topological polar surface area (TPSA) is 17.8 Å². The predicted octanol–water partition coefficient (Wildman–Crippen LogP) is 8.37. The SMILES string of the molecule is Cn1c(-c2ccccc2)nc2cc(-c3cc4ccc5ccccc5c4c4ccccc34)ccc21. The van der Waals surface area contributed by atoms with Crippen LogP contribution in [0.4, 0.5) is 0 Å². The second kappa shape index (κ2) is 7.29. The van der Waals surface area contributed by atoms with Crippen LogP contribution in [0.1, 0.15) is 0 Å². The molecule has 0 saturated heterocycles. The average molecular weight is 435 g/mol. The zero-order valence-corrected chi connectivity index (χ0v) is 18.9. The smallest absolute Gasteiger partial charge is 0.140 e. The lowest BCUT2D eigenvalue weighted by Crippen LogP contribution is -1.91. The van der Waals surface area contributed by atoms with Crippen LogP contribution in [0.5, 0.6) is 0 Å². The maximum Gasteiger partial charge on any atom is 0.140 e. The summed E-state index contributed by atoms with van der Waals surface area (Å²) < 4.78 is 2.18. The third-order valence-electron chi connectivity index (χ3n) is 6.97. The molecule has 0 radical (unpaired) electrons. The Morgan fingerprint density at radius 1 is 0.559 bits per heavy atom. The first-order valence-corrected chi connectivity index (χ1v) is 11.6. The van der Waals surface area contributed by atoms with Crippen molar-refractivity contribution in [2.75, 3.05) is 0 Å². The summed E-state index contributed by atoms with van der Waals surface area (Å²) in [4.78, 5) is 5.01. The molecule has 0 saturated carbocycles. The van der Waals surface area contributed by atoms with E-state index >= 15 is 0 Å². The molecule has 0 aliphatic heterocycles. The molecule has 6 aromatic carbocycles. The van der Waals surface area contributed by atoms with Gasteiger partial charge in [-0.05, 0) is 61.6 Å². The van der Waals surface area contributed by atoms with E-state index in [9.17, 15) is 0 Å². The van der Waals surface area contributed by atoms with E-state index < -0.39 is 0 Å². The van der Waals surface area contributed by atoms with Crippen molar-refractivity contribution in [1.29, 1.82) is 0 Å². The molecule has 160 valence electrons. The van der Waals surface area contributed by atoms with Gasteiger partial charge in [0.1, 0.15) is 5.82 Å². The van der Waals surface area contributed by atoms with Gasteiger partial charge in [0.15, 0.2) is 0 Å². The van der Waals surface area contributed by atoms with Crippen LogP contribution in [-0.4, -0.2) is 9.55 Å². The molecule has 0 N–H and O–H groups in total. The van der Waals surface area contributed by atoms with Gasteiger partial charge in [0, 0.05) is 12.6 Å². The number of hydrogen-bond donors (Lipinski definition) is 0. The van der Waals surface area contributed by atoms with E-state index in [1.807, 2.05) is 6.07 Å². The summed E-state index contributed by atoms with van der Waals surface area (Å²) in [5, 5.41) is 7.72. The van der Waals surface area contributed by atoms with Crippen LogP contribution in [0.2, 0.25) is 0 Å². The highest BCUT2D eigenvalue weighted by Crippen LogP contribution is 2.39. The molecule has 0 fully saturated rings. The molecule has 0 unspecified atom stereocenters. The number of rotatable bonds is 2. The summed E-state index contributed by atoms with van der Waals surface area (Å²) >= 11 is 0. The van der Waals surface area contributed by atoms with Crippen molar-refractivity contribution in [2.45, 2.75) is 0 Å². The Morgan fingerprint density at radius 2 is 1.26 bits per heavy atom. The van der Waals surface area contributed by atoms with E-state index in [-0.39, 0.29) is 0 Å². The number of nitrogens with zero attached hydrogens (tertiary/aromatic N) is 2. The van der Waals surface area contributed by atoms with Gasteiger partial charge in [0.25, 0.3) is 0 Å². The summed E-state index contributed by atoms with van der Waals surface area (Å²) in [7, 11) is 2.09. The molecule has 2 heteroatoms. The van der Waals surface area contributed by atoms with Gasteiger partial charge in [0.2, 0.25) is 0 Å². The largest absolute Gasteiger partial charge is 0.327 e. The van der Waals surface area contributed by atoms with Crippen LogP contribution in [0.3, 0.4) is 0 Å². The van der Waals surface area contributed by atoms with E-state index in [1.165, 1.54) is 43.4 Å². The quantitative estimate of drug-likeness (QED) is 0.250. The number of aromatic nitrogens is 2.